The van der Waals surface area contributed by atoms with E-state index in [9.17, 15) is 25.5 Å². The van der Waals surface area contributed by atoms with Gasteiger partial charge >= 0.3 is 5.69 Å². The molecule has 0 saturated heterocycles. The summed E-state index contributed by atoms with van der Waals surface area (Å²) in [6.45, 7) is 1.06. The van der Waals surface area contributed by atoms with Gasteiger partial charge in [-0.05, 0) is 24.3 Å². The smallest absolute Gasteiger partial charge is 0.304 e. The minimum Gasteiger partial charge on any atom is -0.383 e. The van der Waals surface area contributed by atoms with Gasteiger partial charge in [0.25, 0.3) is 5.69 Å². The van der Waals surface area contributed by atoms with E-state index in [4.69, 9.17) is 4.74 Å². The molecule has 12 heteroatoms. The number of aromatic nitrogens is 1. The highest BCUT2D eigenvalue weighted by Gasteiger charge is 2.24. The third-order valence-corrected chi connectivity index (χ3v) is 4.23. The van der Waals surface area contributed by atoms with E-state index in [2.05, 4.69) is 20.5 Å². The Labute approximate surface area is 175 Å². The molecule has 31 heavy (non-hydrogen) atoms. The number of anilines is 1. The molecule has 1 N–H and O–H groups in total. The van der Waals surface area contributed by atoms with Gasteiger partial charge in [0.15, 0.2) is 5.69 Å². The Kier molecular flexibility index (Phi) is 6.39. The second-order valence-electron chi connectivity index (χ2n) is 6.14. The molecule has 0 aliphatic rings. The van der Waals surface area contributed by atoms with Crippen molar-refractivity contribution < 1.29 is 14.6 Å². The van der Waals surface area contributed by atoms with Crippen LogP contribution in [0.3, 0.4) is 0 Å². The van der Waals surface area contributed by atoms with Crippen molar-refractivity contribution in [1.82, 2.24) is 4.98 Å². The summed E-state index contributed by atoms with van der Waals surface area (Å²) in [5.41, 5.74) is -0.253. The normalized spacial score (nSPS) is 10.8. The Morgan fingerprint density at radius 1 is 1.19 bits per heavy atom. The molecule has 0 aliphatic heterocycles. The maximum Gasteiger partial charge on any atom is 0.304 e. The van der Waals surface area contributed by atoms with Gasteiger partial charge in [0.05, 0.1) is 45.0 Å². The standard InChI is InChI=1S/C19H15N7O5/c1-31-8-7-21-16-5-4-15(14-3-2-6-22-19(14)16)23-24-18-12(11-20)9-13(25(27)28)10-17(18)26(29)30/h2-6,9-10,21H,7-8H2,1H3. The van der Waals surface area contributed by atoms with Crippen LogP contribution in [-0.2, 0) is 4.74 Å². The molecule has 12 nitrogen and oxygen atoms in total. The Bertz CT molecular complexity index is 1240. The van der Waals surface area contributed by atoms with Crippen molar-refractivity contribution in [2.75, 3.05) is 25.6 Å². The zero-order chi connectivity index (χ0) is 22.4. The molecule has 0 unspecified atom stereocenters. The van der Waals surface area contributed by atoms with Gasteiger partial charge in [-0.2, -0.15) is 5.26 Å². The van der Waals surface area contributed by atoms with E-state index in [1.165, 1.54) is 0 Å². The number of methoxy groups -OCH3 is 1. The van der Waals surface area contributed by atoms with Gasteiger partial charge < -0.3 is 10.1 Å². The molecule has 0 saturated carbocycles. The average molecular weight is 421 g/mol. The number of non-ortho nitro benzene ring substituents is 1. The van der Waals surface area contributed by atoms with Crippen LogP contribution in [0.5, 0.6) is 0 Å². The third-order valence-electron chi connectivity index (χ3n) is 4.23. The summed E-state index contributed by atoms with van der Waals surface area (Å²) in [6, 6.07) is 10.2. The van der Waals surface area contributed by atoms with Crippen LogP contribution in [0.1, 0.15) is 5.56 Å². The molecule has 0 spiro atoms. The molecule has 0 fully saturated rings. The molecule has 0 aliphatic carbocycles. The number of azo groups is 1. The highest BCUT2D eigenvalue weighted by atomic mass is 16.6. The lowest BCUT2D eigenvalue weighted by molar-refractivity contribution is -0.393. The zero-order valence-electron chi connectivity index (χ0n) is 16.2. The fraction of sp³-hybridized carbons (Fsp3) is 0.158. The van der Waals surface area contributed by atoms with Crippen LogP contribution in [-0.4, -0.2) is 35.1 Å². The van der Waals surface area contributed by atoms with Crippen LogP contribution >= 0.6 is 0 Å². The number of nitriles is 1. The molecule has 1 aromatic heterocycles. The summed E-state index contributed by atoms with van der Waals surface area (Å²) in [6.07, 6.45) is 1.61. The van der Waals surface area contributed by atoms with Crippen molar-refractivity contribution >= 4 is 39.3 Å². The molecule has 1 heterocycles. The number of nitro benzene ring substituents is 2. The number of nitro groups is 2. The van der Waals surface area contributed by atoms with Crippen molar-refractivity contribution in [3.8, 4) is 6.07 Å². The van der Waals surface area contributed by atoms with Gasteiger partial charge in [0.1, 0.15) is 6.07 Å². The number of fused-ring (bicyclic) bond motifs is 1. The first-order chi connectivity index (χ1) is 15.0. The number of hydrogen-bond acceptors (Lipinski definition) is 10. The van der Waals surface area contributed by atoms with Crippen molar-refractivity contribution in [2.24, 2.45) is 10.2 Å². The average Bonchev–Trinajstić information content (AvgIpc) is 2.77. The summed E-state index contributed by atoms with van der Waals surface area (Å²) in [7, 11) is 1.59. The van der Waals surface area contributed by atoms with E-state index in [1.54, 1.807) is 43.6 Å². The number of pyridine rings is 1. The first kappa shape index (κ1) is 21.2. The Morgan fingerprint density at radius 3 is 2.68 bits per heavy atom. The van der Waals surface area contributed by atoms with Crippen LogP contribution in [0.15, 0.2) is 52.8 Å². The summed E-state index contributed by atoms with van der Waals surface area (Å²) < 4.78 is 5.02. The van der Waals surface area contributed by atoms with E-state index in [0.717, 1.165) is 17.8 Å². The number of nitrogens with zero attached hydrogens (tertiary/aromatic N) is 6. The van der Waals surface area contributed by atoms with E-state index < -0.39 is 21.2 Å². The van der Waals surface area contributed by atoms with Gasteiger partial charge in [-0.3, -0.25) is 25.2 Å². The van der Waals surface area contributed by atoms with Gasteiger partial charge in [-0.1, -0.05) is 0 Å². The molecule has 0 radical (unpaired) electrons. The molecule has 3 aromatic rings. The van der Waals surface area contributed by atoms with E-state index in [1.807, 2.05) is 0 Å². The highest BCUT2D eigenvalue weighted by molar-refractivity contribution is 5.98. The fourth-order valence-electron chi connectivity index (χ4n) is 2.82. The summed E-state index contributed by atoms with van der Waals surface area (Å²) >= 11 is 0. The van der Waals surface area contributed by atoms with Crippen LogP contribution in [0, 0.1) is 31.6 Å². The van der Waals surface area contributed by atoms with Crippen LogP contribution < -0.4 is 5.32 Å². The van der Waals surface area contributed by atoms with E-state index >= 15 is 0 Å². The zero-order valence-corrected chi connectivity index (χ0v) is 16.2. The third kappa shape index (κ3) is 4.57. The van der Waals surface area contributed by atoms with E-state index in [-0.39, 0.29) is 11.3 Å². The lowest BCUT2D eigenvalue weighted by Crippen LogP contribution is -2.08. The maximum atomic E-state index is 11.4. The minimum absolute atomic E-state index is 0.329. The molecule has 0 bridgehead atoms. The lowest BCUT2D eigenvalue weighted by atomic mass is 10.1. The molecule has 0 atom stereocenters. The van der Waals surface area contributed by atoms with Crippen LogP contribution in [0.2, 0.25) is 0 Å². The fourth-order valence-corrected chi connectivity index (χ4v) is 2.82. The predicted molar refractivity (Wildman–Crippen MR) is 111 cm³/mol. The van der Waals surface area contributed by atoms with Gasteiger partial charge in [0.2, 0.25) is 0 Å². The summed E-state index contributed by atoms with van der Waals surface area (Å²) in [5, 5.41) is 43.5. The van der Waals surface area contributed by atoms with Gasteiger partial charge in [-0.25, -0.2) is 0 Å². The monoisotopic (exact) mass is 421 g/mol. The highest BCUT2D eigenvalue weighted by Crippen LogP contribution is 2.37. The van der Waals surface area contributed by atoms with Crippen LogP contribution in [0.25, 0.3) is 10.9 Å². The number of benzene rings is 2. The number of rotatable bonds is 8. The minimum atomic E-state index is -0.843. The van der Waals surface area contributed by atoms with Crippen molar-refractivity contribution in [3.05, 3.63) is 68.4 Å². The Balaban J connectivity index is 2.08. The number of ether oxygens (including phenoxy) is 1. The molecule has 3 rings (SSSR count). The molecule has 156 valence electrons. The first-order valence-corrected chi connectivity index (χ1v) is 8.85. The van der Waals surface area contributed by atoms with E-state index in [0.29, 0.717) is 29.7 Å². The van der Waals surface area contributed by atoms with Gasteiger partial charge in [-0.15, -0.1) is 10.2 Å². The topological polar surface area (TPSA) is 169 Å². The summed E-state index contributed by atoms with van der Waals surface area (Å²) in [4.78, 5) is 25.1. The maximum absolute atomic E-state index is 11.4. The second kappa shape index (κ2) is 9.33. The molecule has 0 amide bonds. The van der Waals surface area contributed by atoms with Crippen molar-refractivity contribution in [2.45, 2.75) is 0 Å². The molecular formula is C19H15N7O5. The summed E-state index contributed by atoms with van der Waals surface area (Å²) in [5.74, 6) is 0. The SMILES string of the molecule is COCCNc1ccc(N=Nc2c(C#N)cc([N+](=O)[O-])cc2[N+](=O)[O-])c2cccnc12. The predicted octanol–water partition coefficient (Wildman–Crippen LogP) is 4.40. The second-order valence-corrected chi connectivity index (χ2v) is 6.14. The van der Waals surface area contributed by atoms with Crippen molar-refractivity contribution in [3.63, 3.8) is 0 Å². The molecule has 2 aromatic carbocycles. The largest absolute Gasteiger partial charge is 0.383 e. The Morgan fingerprint density at radius 2 is 2.00 bits per heavy atom. The van der Waals surface area contributed by atoms with Gasteiger partial charge in [0, 0.05) is 31.3 Å². The number of hydrogen-bond donors (Lipinski definition) is 1. The lowest BCUT2D eigenvalue weighted by Gasteiger charge is -2.10. The quantitative estimate of drug-likeness (QED) is 0.241. The number of nitrogens with one attached hydrogen (secondary N) is 1. The van der Waals surface area contributed by atoms with Crippen LogP contribution in [0.4, 0.5) is 28.4 Å². The Hall–Kier alpha value is -4.50. The molecular weight excluding hydrogens is 406 g/mol. The van der Waals surface area contributed by atoms with Crippen molar-refractivity contribution in [1.29, 1.82) is 5.26 Å². The first-order valence-electron chi connectivity index (χ1n) is 8.85.